The second kappa shape index (κ2) is 8.98. The lowest BCUT2D eigenvalue weighted by molar-refractivity contribution is -0.133. The molecule has 3 rings (SSSR count). The molecule has 0 aromatic heterocycles. The minimum absolute atomic E-state index is 0.183. The zero-order chi connectivity index (χ0) is 18.5. The fourth-order valence-corrected chi connectivity index (χ4v) is 4.30. The molecule has 0 spiro atoms. The zero-order valence-electron chi connectivity index (χ0n) is 16.3. The minimum Gasteiger partial charge on any atom is -0.340 e. The first-order valence-corrected chi connectivity index (χ1v) is 10.1. The van der Waals surface area contributed by atoms with Crippen molar-refractivity contribution >= 4 is 5.91 Å². The van der Waals surface area contributed by atoms with Crippen LogP contribution >= 0.6 is 0 Å². The van der Waals surface area contributed by atoms with Gasteiger partial charge in [-0.15, -0.1) is 0 Å². The Labute approximate surface area is 158 Å². The molecule has 2 heterocycles. The van der Waals surface area contributed by atoms with Gasteiger partial charge in [0.15, 0.2) is 0 Å². The van der Waals surface area contributed by atoms with Crippen molar-refractivity contribution in [2.24, 2.45) is 5.73 Å². The number of carbonyl (C=O) groups excluding carboxylic acids is 1. The van der Waals surface area contributed by atoms with Gasteiger partial charge in [-0.25, -0.2) is 0 Å². The summed E-state index contributed by atoms with van der Waals surface area (Å²) in [6.07, 6.45) is 3.04. The molecule has 3 atom stereocenters. The van der Waals surface area contributed by atoms with Crippen LogP contribution in [0.3, 0.4) is 0 Å². The first-order valence-electron chi connectivity index (χ1n) is 10.1. The van der Waals surface area contributed by atoms with E-state index in [2.05, 4.69) is 23.6 Å². The highest BCUT2D eigenvalue weighted by Crippen LogP contribution is 2.23. The molecule has 144 valence electrons. The van der Waals surface area contributed by atoms with Crippen molar-refractivity contribution in [1.82, 2.24) is 14.7 Å². The van der Waals surface area contributed by atoms with E-state index in [-0.39, 0.29) is 11.9 Å². The topological polar surface area (TPSA) is 52.8 Å². The third kappa shape index (κ3) is 4.84. The largest absolute Gasteiger partial charge is 0.340 e. The van der Waals surface area contributed by atoms with Crippen LogP contribution in [0.25, 0.3) is 0 Å². The summed E-state index contributed by atoms with van der Waals surface area (Å²) >= 11 is 0. The van der Waals surface area contributed by atoms with E-state index in [1.54, 1.807) is 0 Å². The van der Waals surface area contributed by atoms with Gasteiger partial charge in [0, 0.05) is 63.8 Å². The minimum atomic E-state index is -0.208. The van der Waals surface area contributed by atoms with Crippen molar-refractivity contribution in [1.29, 1.82) is 0 Å². The molecule has 0 unspecified atom stereocenters. The van der Waals surface area contributed by atoms with Crippen molar-refractivity contribution in [2.45, 2.75) is 51.2 Å². The standard InChI is InChI=1S/C21H34N4O/c1-17-8-9-18(2)25(17)15-12-23-10-13-24(14-11-23)21(26)16-20(22)19-6-4-3-5-7-19/h3-7,17-18,20H,8-16,22H2,1-2H3/t17-,18-,20+/m1/s1. The fraction of sp³-hybridized carbons (Fsp3) is 0.667. The van der Waals surface area contributed by atoms with E-state index in [1.807, 2.05) is 35.2 Å². The Kier molecular flexibility index (Phi) is 6.68. The summed E-state index contributed by atoms with van der Waals surface area (Å²) < 4.78 is 0. The van der Waals surface area contributed by atoms with Crippen molar-refractivity contribution < 1.29 is 4.79 Å². The Bertz CT molecular complexity index is 561. The number of amides is 1. The second-order valence-corrected chi connectivity index (χ2v) is 7.96. The van der Waals surface area contributed by atoms with Gasteiger partial charge < -0.3 is 10.6 Å². The third-order valence-electron chi connectivity index (χ3n) is 6.16. The van der Waals surface area contributed by atoms with Gasteiger partial charge in [-0.3, -0.25) is 14.6 Å². The first kappa shape index (κ1) is 19.3. The van der Waals surface area contributed by atoms with Crippen LogP contribution in [-0.2, 0) is 4.79 Å². The average molecular weight is 359 g/mol. The third-order valence-corrected chi connectivity index (χ3v) is 6.16. The molecule has 0 saturated carbocycles. The molecule has 0 radical (unpaired) electrons. The van der Waals surface area contributed by atoms with E-state index in [1.165, 1.54) is 12.8 Å². The molecule has 0 bridgehead atoms. The van der Waals surface area contributed by atoms with Crippen molar-refractivity contribution in [3.63, 3.8) is 0 Å². The van der Waals surface area contributed by atoms with Gasteiger partial charge in [0.1, 0.15) is 0 Å². The highest BCUT2D eigenvalue weighted by molar-refractivity contribution is 5.77. The zero-order valence-corrected chi connectivity index (χ0v) is 16.3. The van der Waals surface area contributed by atoms with Crippen LogP contribution in [0.4, 0.5) is 0 Å². The summed E-state index contributed by atoms with van der Waals surface area (Å²) in [5.74, 6) is 0.183. The number of rotatable bonds is 6. The molecule has 1 aromatic rings. The van der Waals surface area contributed by atoms with Crippen LogP contribution in [0.2, 0.25) is 0 Å². The van der Waals surface area contributed by atoms with Gasteiger partial charge >= 0.3 is 0 Å². The number of hydrogen-bond donors (Lipinski definition) is 1. The van der Waals surface area contributed by atoms with E-state index in [9.17, 15) is 4.79 Å². The van der Waals surface area contributed by atoms with Crippen molar-refractivity contribution in [3.05, 3.63) is 35.9 Å². The first-order chi connectivity index (χ1) is 12.5. The van der Waals surface area contributed by atoms with Gasteiger partial charge in [0.05, 0.1) is 0 Å². The number of piperazine rings is 1. The highest BCUT2D eigenvalue weighted by atomic mass is 16.2. The van der Waals surface area contributed by atoms with Crippen molar-refractivity contribution in [2.75, 3.05) is 39.3 Å². The summed E-state index contributed by atoms with van der Waals surface area (Å²) in [7, 11) is 0. The maximum atomic E-state index is 12.6. The average Bonchev–Trinajstić information content (AvgIpc) is 2.99. The number of carbonyl (C=O) groups is 1. The molecule has 5 nitrogen and oxygen atoms in total. The number of likely N-dealkylation sites (tertiary alicyclic amines) is 1. The van der Waals surface area contributed by atoms with Crippen LogP contribution in [0.15, 0.2) is 30.3 Å². The van der Waals surface area contributed by atoms with E-state index >= 15 is 0 Å². The highest BCUT2D eigenvalue weighted by Gasteiger charge is 2.28. The summed E-state index contributed by atoms with van der Waals surface area (Å²) in [4.78, 5) is 19.7. The maximum absolute atomic E-state index is 12.6. The Morgan fingerprint density at radius 3 is 2.27 bits per heavy atom. The maximum Gasteiger partial charge on any atom is 0.224 e. The van der Waals surface area contributed by atoms with Crippen LogP contribution in [0, 0.1) is 0 Å². The van der Waals surface area contributed by atoms with Crippen LogP contribution in [0.1, 0.15) is 44.7 Å². The van der Waals surface area contributed by atoms with Gasteiger partial charge in [0.25, 0.3) is 0 Å². The molecule has 1 aromatic carbocycles. The quantitative estimate of drug-likeness (QED) is 0.846. The predicted molar refractivity (Wildman–Crippen MR) is 106 cm³/mol. The summed E-state index contributed by atoms with van der Waals surface area (Å²) in [6, 6.07) is 11.1. The molecule has 26 heavy (non-hydrogen) atoms. The van der Waals surface area contributed by atoms with Gasteiger partial charge in [-0.05, 0) is 32.3 Å². The summed E-state index contributed by atoms with van der Waals surface area (Å²) in [6.45, 7) is 10.5. The van der Waals surface area contributed by atoms with E-state index < -0.39 is 0 Å². The Morgan fingerprint density at radius 1 is 1.04 bits per heavy atom. The van der Waals surface area contributed by atoms with E-state index in [0.29, 0.717) is 18.5 Å². The predicted octanol–water partition coefficient (Wildman–Crippen LogP) is 2.09. The lowest BCUT2D eigenvalue weighted by Gasteiger charge is -2.37. The molecule has 2 aliphatic heterocycles. The molecule has 2 N–H and O–H groups in total. The number of benzene rings is 1. The molecular weight excluding hydrogens is 324 g/mol. The lowest BCUT2D eigenvalue weighted by Crippen LogP contribution is -2.51. The Hall–Kier alpha value is -1.43. The molecule has 5 heteroatoms. The Morgan fingerprint density at radius 2 is 1.65 bits per heavy atom. The Balaban J connectivity index is 1.40. The van der Waals surface area contributed by atoms with E-state index in [0.717, 1.165) is 44.8 Å². The number of hydrogen-bond acceptors (Lipinski definition) is 4. The smallest absolute Gasteiger partial charge is 0.224 e. The number of nitrogens with zero attached hydrogens (tertiary/aromatic N) is 3. The monoisotopic (exact) mass is 358 g/mol. The second-order valence-electron chi connectivity index (χ2n) is 7.96. The van der Waals surface area contributed by atoms with Crippen LogP contribution < -0.4 is 5.73 Å². The van der Waals surface area contributed by atoms with Crippen LogP contribution in [0.5, 0.6) is 0 Å². The van der Waals surface area contributed by atoms with Gasteiger partial charge in [-0.2, -0.15) is 0 Å². The van der Waals surface area contributed by atoms with E-state index in [4.69, 9.17) is 5.73 Å². The molecule has 2 fully saturated rings. The van der Waals surface area contributed by atoms with Gasteiger partial charge in [-0.1, -0.05) is 30.3 Å². The number of nitrogens with two attached hydrogens (primary N) is 1. The van der Waals surface area contributed by atoms with Crippen molar-refractivity contribution in [3.8, 4) is 0 Å². The molecule has 1 amide bonds. The molecular formula is C21H34N4O. The summed E-state index contributed by atoms with van der Waals surface area (Å²) in [5, 5.41) is 0. The van der Waals surface area contributed by atoms with Gasteiger partial charge in [0.2, 0.25) is 5.91 Å². The summed E-state index contributed by atoms with van der Waals surface area (Å²) in [5.41, 5.74) is 7.25. The van der Waals surface area contributed by atoms with Crippen LogP contribution in [-0.4, -0.2) is 72.0 Å². The molecule has 2 aliphatic rings. The normalized spacial score (nSPS) is 26.2. The molecule has 0 aliphatic carbocycles. The lowest BCUT2D eigenvalue weighted by atomic mass is 10.0. The SMILES string of the molecule is C[C@@H]1CC[C@@H](C)N1CCN1CCN(C(=O)C[C@H](N)c2ccccc2)CC1. The fourth-order valence-electron chi connectivity index (χ4n) is 4.30. The molecule has 2 saturated heterocycles.